The number of carbonyl (C=O) groups is 1. The number of ether oxygens (including phenoxy) is 1. The average Bonchev–Trinajstić information content (AvgIpc) is 3.31. The van der Waals surface area contributed by atoms with Gasteiger partial charge in [-0.05, 0) is 68.5 Å². The second-order valence-electron chi connectivity index (χ2n) is 8.68. The Bertz CT molecular complexity index is 1090. The van der Waals surface area contributed by atoms with Crippen molar-refractivity contribution in [1.29, 1.82) is 0 Å². The summed E-state index contributed by atoms with van der Waals surface area (Å²) >= 11 is 0. The number of benzene rings is 3. The van der Waals surface area contributed by atoms with Crippen molar-refractivity contribution in [2.75, 3.05) is 44.0 Å². The van der Waals surface area contributed by atoms with Crippen LogP contribution in [-0.2, 0) is 11.2 Å². The molecule has 0 bridgehead atoms. The van der Waals surface area contributed by atoms with Crippen molar-refractivity contribution in [2.24, 2.45) is 0 Å². The normalized spacial score (nSPS) is 15.7. The van der Waals surface area contributed by atoms with E-state index in [1.807, 2.05) is 60.7 Å². The Labute approximate surface area is 195 Å². The molecule has 1 amide bonds. The summed E-state index contributed by atoms with van der Waals surface area (Å²) in [4.78, 5) is 18.6. The van der Waals surface area contributed by atoms with Gasteiger partial charge in [-0.3, -0.25) is 4.79 Å². The van der Waals surface area contributed by atoms with Crippen LogP contribution in [0.15, 0.2) is 72.8 Å². The van der Waals surface area contributed by atoms with E-state index in [-0.39, 0.29) is 18.1 Å². The lowest BCUT2D eigenvalue weighted by Crippen LogP contribution is -2.32. The number of para-hydroxylation sites is 1. The van der Waals surface area contributed by atoms with Crippen LogP contribution in [0.5, 0.6) is 11.5 Å². The Kier molecular flexibility index (Phi) is 6.94. The zero-order valence-corrected chi connectivity index (χ0v) is 19.4. The molecule has 33 heavy (non-hydrogen) atoms. The van der Waals surface area contributed by atoms with Gasteiger partial charge in [-0.25, -0.2) is 4.39 Å². The number of anilines is 2. The van der Waals surface area contributed by atoms with Crippen molar-refractivity contribution >= 4 is 17.3 Å². The van der Waals surface area contributed by atoms with Gasteiger partial charge in [0, 0.05) is 31.9 Å². The Morgan fingerprint density at radius 1 is 1.00 bits per heavy atom. The van der Waals surface area contributed by atoms with Gasteiger partial charge in [-0.15, -0.1) is 0 Å². The Morgan fingerprint density at radius 3 is 2.33 bits per heavy atom. The standard InChI is InChI=1S/C27H30FN3O2/c1-29(2)22-15-16-31(19-22)26-14-11-21(18-25(26)28)30(3)27(32)17-20-9-12-24(13-10-20)33-23-7-5-4-6-8-23/h4-14,18,22H,15-17,19H2,1-3H3. The maximum absolute atomic E-state index is 14.9. The molecule has 1 unspecified atom stereocenters. The zero-order valence-electron chi connectivity index (χ0n) is 19.4. The first-order valence-corrected chi connectivity index (χ1v) is 11.2. The van der Waals surface area contributed by atoms with Crippen molar-refractivity contribution < 1.29 is 13.9 Å². The van der Waals surface area contributed by atoms with Crippen LogP contribution >= 0.6 is 0 Å². The average molecular weight is 448 g/mol. The molecular formula is C27H30FN3O2. The summed E-state index contributed by atoms with van der Waals surface area (Å²) < 4.78 is 20.7. The minimum absolute atomic E-state index is 0.104. The largest absolute Gasteiger partial charge is 0.457 e. The molecule has 3 aromatic carbocycles. The molecule has 1 aliphatic heterocycles. The minimum Gasteiger partial charge on any atom is -0.457 e. The second-order valence-corrected chi connectivity index (χ2v) is 8.68. The number of nitrogens with zero attached hydrogens (tertiary/aromatic N) is 3. The van der Waals surface area contributed by atoms with Gasteiger partial charge in [0.1, 0.15) is 17.3 Å². The van der Waals surface area contributed by atoms with Crippen LogP contribution in [0.2, 0.25) is 0 Å². The predicted molar refractivity (Wildman–Crippen MR) is 131 cm³/mol. The predicted octanol–water partition coefficient (Wildman–Crippen LogP) is 4.96. The molecule has 1 fully saturated rings. The van der Waals surface area contributed by atoms with Crippen LogP contribution in [-0.4, -0.2) is 51.1 Å². The van der Waals surface area contributed by atoms with Crippen LogP contribution in [0.3, 0.4) is 0 Å². The summed E-state index contributed by atoms with van der Waals surface area (Å²) in [6.45, 7) is 1.64. The fourth-order valence-electron chi connectivity index (χ4n) is 4.08. The molecule has 1 atom stereocenters. The molecule has 0 saturated carbocycles. The van der Waals surface area contributed by atoms with Crippen molar-refractivity contribution in [3.63, 3.8) is 0 Å². The minimum atomic E-state index is -0.297. The lowest BCUT2D eigenvalue weighted by Gasteiger charge is -2.23. The lowest BCUT2D eigenvalue weighted by atomic mass is 10.1. The quantitative estimate of drug-likeness (QED) is 0.513. The molecule has 0 N–H and O–H groups in total. The number of rotatable bonds is 7. The number of likely N-dealkylation sites (N-methyl/N-ethyl adjacent to an activating group) is 2. The summed E-state index contributed by atoms with van der Waals surface area (Å²) in [5.74, 6) is 1.07. The molecule has 0 spiro atoms. The van der Waals surface area contributed by atoms with E-state index in [0.29, 0.717) is 23.2 Å². The summed E-state index contributed by atoms with van der Waals surface area (Å²) in [5, 5.41) is 0. The molecule has 1 saturated heterocycles. The van der Waals surface area contributed by atoms with Crippen LogP contribution in [0.25, 0.3) is 0 Å². The molecule has 4 rings (SSSR count). The van der Waals surface area contributed by atoms with E-state index in [1.165, 1.54) is 11.0 Å². The molecule has 1 aliphatic rings. The third kappa shape index (κ3) is 5.52. The van der Waals surface area contributed by atoms with Crippen molar-refractivity contribution in [1.82, 2.24) is 4.90 Å². The molecule has 0 radical (unpaired) electrons. The maximum atomic E-state index is 14.9. The topological polar surface area (TPSA) is 36.0 Å². The summed E-state index contributed by atoms with van der Waals surface area (Å²) in [6.07, 6.45) is 1.24. The number of carbonyl (C=O) groups excluding carboxylic acids is 1. The van der Waals surface area contributed by atoms with Gasteiger partial charge < -0.3 is 19.4 Å². The monoisotopic (exact) mass is 447 g/mol. The zero-order chi connectivity index (χ0) is 23.4. The summed E-state index contributed by atoms with van der Waals surface area (Å²) in [6, 6.07) is 22.5. The van der Waals surface area contributed by atoms with Gasteiger partial charge in [-0.2, -0.15) is 0 Å². The fraction of sp³-hybridized carbons (Fsp3) is 0.296. The van der Waals surface area contributed by atoms with Crippen molar-refractivity contribution in [2.45, 2.75) is 18.9 Å². The molecule has 1 heterocycles. The molecule has 172 valence electrons. The first-order valence-electron chi connectivity index (χ1n) is 11.2. The molecule has 5 nitrogen and oxygen atoms in total. The molecule has 3 aromatic rings. The van der Waals surface area contributed by atoms with E-state index in [0.717, 1.165) is 30.8 Å². The van der Waals surface area contributed by atoms with Crippen LogP contribution in [0.1, 0.15) is 12.0 Å². The van der Waals surface area contributed by atoms with E-state index < -0.39 is 0 Å². The van der Waals surface area contributed by atoms with E-state index in [4.69, 9.17) is 4.74 Å². The fourth-order valence-corrected chi connectivity index (χ4v) is 4.08. The first-order chi connectivity index (χ1) is 15.9. The van der Waals surface area contributed by atoms with Crippen LogP contribution < -0.4 is 14.5 Å². The Morgan fingerprint density at radius 2 is 1.70 bits per heavy atom. The number of amides is 1. The highest BCUT2D eigenvalue weighted by molar-refractivity contribution is 5.94. The van der Waals surface area contributed by atoms with Crippen LogP contribution in [0, 0.1) is 5.82 Å². The second kappa shape index (κ2) is 10.0. The maximum Gasteiger partial charge on any atom is 0.231 e. The highest BCUT2D eigenvalue weighted by Gasteiger charge is 2.26. The third-order valence-corrected chi connectivity index (χ3v) is 6.18. The number of halogens is 1. The first kappa shape index (κ1) is 22.8. The summed E-state index contributed by atoms with van der Waals surface area (Å²) in [7, 11) is 5.79. The lowest BCUT2D eigenvalue weighted by molar-refractivity contribution is -0.117. The smallest absolute Gasteiger partial charge is 0.231 e. The van der Waals surface area contributed by atoms with Gasteiger partial charge in [0.25, 0.3) is 0 Å². The van der Waals surface area contributed by atoms with Gasteiger partial charge in [0.05, 0.1) is 12.1 Å². The Hall–Kier alpha value is -3.38. The Balaban J connectivity index is 1.37. The SMILES string of the molecule is CN(C(=O)Cc1ccc(Oc2ccccc2)cc1)c1ccc(N2CCC(N(C)C)C2)c(F)c1. The van der Waals surface area contributed by atoms with Crippen LogP contribution in [0.4, 0.5) is 15.8 Å². The highest BCUT2D eigenvalue weighted by atomic mass is 19.1. The van der Waals surface area contributed by atoms with Gasteiger partial charge in [0.2, 0.25) is 5.91 Å². The number of hydrogen-bond donors (Lipinski definition) is 0. The number of hydrogen-bond acceptors (Lipinski definition) is 4. The summed E-state index contributed by atoms with van der Waals surface area (Å²) in [5.41, 5.74) is 2.02. The van der Waals surface area contributed by atoms with Crippen molar-refractivity contribution in [3.05, 3.63) is 84.2 Å². The molecule has 6 heteroatoms. The molecular weight excluding hydrogens is 417 g/mol. The van der Waals surface area contributed by atoms with E-state index in [9.17, 15) is 9.18 Å². The highest BCUT2D eigenvalue weighted by Crippen LogP contribution is 2.29. The van der Waals surface area contributed by atoms with E-state index >= 15 is 0 Å². The van der Waals surface area contributed by atoms with Gasteiger partial charge >= 0.3 is 0 Å². The molecule has 0 aliphatic carbocycles. The molecule has 0 aromatic heterocycles. The van der Waals surface area contributed by atoms with Gasteiger partial charge in [-0.1, -0.05) is 30.3 Å². The van der Waals surface area contributed by atoms with E-state index in [1.54, 1.807) is 13.1 Å². The third-order valence-electron chi connectivity index (χ3n) is 6.18. The van der Waals surface area contributed by atoms with Gasteiger partial charge in [0.15, 0.2) is 0 Å². The van der Waals surface area contributed by atoms with Crippen molar-refractivity contribution in [3.8, 4) is 11.5 Å². The van der Waals surface area contributed by atoms with E-state index in [2.05, 4.69) is 23.9 Å².